The van der Waals surface area contributed by atoms with Gasteiger partial charge in [0, 0.05) is 17.7 Å². The predicted molar refractivity (Wildman–Crippen MR) is 58.9 cm³/mol. The Labute approximate surface area is 93.2 Å². The number of phenols is 1. The molecule has 1 aromatic carbocycles. The number of hydrogen-bond donors (Lipinski definition) is 2. The Kier molecular flexibility index (Phi) is 2.61. The number of aromatic hydroxyl groups is 1. The van der Waals surface area contributed by atoms with E-state index in [1.165, 1.54) is 0 Å². The molecular weight excluding hydrogens is 202 g/mol. The third kappa shape index (κ3) is 1.63. The molecule has 2 aromatic rings. The van der Waals surface area contributed by atoms with Crippen LogP contribution in [0.4, 0.5) is 0 Å². The summed E-state index contributed by atoms with van der Waals surface area (Å²) in [5.41, 5.74) is 1.84. The van der Waals surface area contributed by atoms with Crippen LogP contribution in [0.3, 0.4) is 0 Å². The molecule has 0 aliphatic rings. The summed E-state index contributed by atoms with van der Waals surface area (Å²) in [7, 11) is 0. The minimum absolute atomic E-state index is 0.0421. The number of aromatic amines is 1. The SMILES string of the molecule is CC(c1c[nH]cn1)c1cccc(C#N)c1O. The van der Waals surface area contributed by atoms with Gasteiger partial charge in [0.15, 0.2) is 0 Å². The largest absolute Gasteiger partial charge is 0.506 e. The van der Waals surface area contributed by atoms with E-state index in [0.717, 1.165) is 5.69 Å². The summed E-state index contributed by atoms with van der Waals surface area (Å²) in [6.07, 6.45) is 3.38. The van der Waals surface area contributed by atoms with Gasteiger partial charge < -0.3 is 10.1 Å². The van der Waals surface area contributed by atoms with E-state index in [1.54, 1.807) is 30.7 Å². The number of para-hydroxylation sites is 1. The Hall–Kier alpha value is -2.28. The topological polar surface area (TPSA) is 72.7 Å². The number of phenolic OH excluding ortho intramolecular Hbond substituents is 1. The zero-order chi connectivity index (χ0) is 11.5. The molecule has 1 heterocycles. The van der Waals surface area contributed by atoms with E-state index < -0.39 is 0 Å². The predicted octanol–water partition coefficient (Wildman–Crippen LogP) is 2.14. The summed E-state index contributed by atoms with van der Waals surface area (Å²) >= 11 is 0. The molecule has 16 heavy (non-hydrogen) atoms. The number of hydrogen-bond acceptors (Lipinski definition) is 3. The van der Waals surface area contributed by atoms with Crippen LogP contribution < -0.4 is 0 Å². The normalized spacial score (nSPS) is 12.0. The van der Waals surface area contributed by atoms with Crippen LogP contribution in [-0.4, -0.2) is 15.1 Å². The van der Waals surface area contributed by atoms with Gasteiger partial charge in [0.05, 0.1) is 17.6 Å². The van der Waals surface area contributed by atoms with E-state index >= 15 is 0 Å². The maximum absolute atomic E-state index is 9.90. The van der Waals surface area contributed by atoms with Gasteiger partial charge in [-0.1, -0.05) is 19.1 Å². The zero-order valence-corrected chi connectivity index (χ0v) is 8.81. The zero-order valence-electron chi connectivity index (χ0n) is 8.81. The van der Waals surface area contributed by atoms with Crippen molar-refractivity contribution in [3.05, 3.63) is 47.5 Å². The monoisotopic (exact) mass is 213 g/mol. The first-order valence-corrected chi connectivity index (χ1v) is 4.94. The summed E-state index contributed by atoms with van der Waals surface area (Å²) in [6.45, 7) is 1.94. The maximum atomic E-state index is 9.90. The van der Waals surface area contributed by atoms with Crippen molar-refractivity contribution in [3.63, 3.8) is 0 Å². The molecule has 0 spiro atoms. The number of aromatic nitrogens is 2. The Morgan fingerprint density at radius 1 is 1.50 bits per heavy atom. The Morgan fingerprint density at radius 3 is 2.94 bits per heavy atom. The van der Waals surface area contributed by atoms with Crippen molar-refractivity contribution in [1.82, 2.24) is 9.97 Å². The molecule has 2 rings (SSSR count). The minimum atomic E-state index is -0.0421. The fourth-order valence-electron chi connectivity index (χ4n) is 1.67. The van der Waals surface area contributed by atoms with Crippen molar-refractivity contribution in [3.8, 4) is 11.8 Å². The Morgan fingerprint density at radius 2 is 2.31 bits per heavy atom. The fourth-order valence-corrected chi connectivity index (χ4v) is 1.67. The number of nitriles is 1. The smallest absolute Gasteiger partial charge is 0.137 e. The molecular formula is C12H11N3O. The summed E-state index contributed by atoms with van der Waals surface area (Å²) < 4.78 is 0. The molecule has 1 aromatic heterocycles. The first-order valence-electron chi connectivity index (χ1n) is 4.94. The van der Waals surface area contributed by atoms with Crippen LogP contribution in [-0.2, 0) is 0 Å². The van der Waals surface area contributed by atoms with Crippen LogP contribution in [0.1, 0.15) is 29.7 Å². The summed E-state index contributed by atoms with van der Waals surface area (Å²) in [5.74, 6) is 0.0000463. The third-order valence-electron chi connectivity index (χ3n) is 2.62. The molecule has 0 saturated carbocycles. The highest BCUT2D eigenvalue weighted by Crippen LogP contribution is 2.31. The van der Waals surface area contributed by atoms with E-state index in [9.17, 15) is 5.11 Å². The molecule has 0 saturated heterocycles. The number of benzene rings is 1. The standard InChI is InChI=1S/C12H11N3O/c1-8(11-6-14-7-15-11)10-4-2-3-9(5-13)12(10)16/h2-4,6-8,16H,1H3,(H,14,15). The van der Waals surface area contributed by atoms with Crippen LogP contribution >= 0.6 is 0 Å². The first kappa shape index (κ1) is 10.2. The van der Waals surface area contributed by atoms with Gasteiger partial charge in [-0.3, -0.25) is 0 Å². The fraction of sp³-hybridized carbons (Fsp3) is 0.167. The van der Waals surface area contributed by atoms with Gasteiger partial charge in [-0.25, -0.2) is 4.98 Å². The van der Waals surface area contributed by atoms with Crippen molar-refractivity contribution in [2.75, 3.05) is 0 Å². The lowest BCUT2D eigenvalue weighted by molar-refractivity contribution is 0.464. The molecule has 0 radical (unpaired) electrons. The molecule has 0 fully saturated rings. The number of imidazole rings is 1. The molecule has 4 heteroatoms. The summed E-state index contributed by atoms with van der Waals surface area (Å²) in [6, 6.07) is 7.11. The van der Waals surface area contributed by atoms with Crippen molar-refractivity contribution < 1.29 is 5.11 Å². The maximum Gasteiger partial charge on any atom is 0.137 e. The van der Waals surface area contributed by atoms with E-state index in [-0.39, 0.29) is 11.7 Å². The highest BCUT2D eigenvalue weighted by atomic mass is 16.3. The van der Waals surface area contributed by atoms with Crippen LogP contribution in [0, 0.1) is 11.3 Å². The van der Waals surface area contributed by atoms with E-state index in [1.807, 2.05) is 13.0 Å². The van der Waals surface area contributed by atoms with Crippen LogP contribution in [0.5, 0.6) is 5.75 Å². The second-order valence-electron chi connectivity index (χ2n) is 3.57. The second kappa shape index (κ2) is 4.07. The average Bonchev–Trinajstić information content (AvgIpc) is 2.82. The van der Waals surface area contributed by atoms with Gasteiger partial charge in [0.25, 0.3) is 0 Å². The molecule has 1 unspecified atom stereocenters. The van der Waals surface area contributed by atoms with Crippen molar-refractivity contribution >= 4 is 0 Å². The Balaban J connectivity index is 2.46. The quantitative estimate of drug-likeness (QED) is 0.802. The third-order valence-corrected chi connectivity index (χ3v) is 2.62. The number of nitrogens with one attached hydrogen (secondary N) is 1. The van der Waals surface area contributed by atoms with E-state index in [0.29, 0.717) is 11.1 Å². The lowest BCUT2D eigenvalue weighted by Crippen LogP contribution is -1.97. The van der Waals surface area contributed by atoms with Gasteiger partial charge in [-0.2, -0.15) is 5.26 Å². The van der Waals surface area contributed by atoms with Crippen molar-refractivity contribution in [2.24, 2.45) is 0 Å². The molecule has 2 N–H and O–H groups in total. The van der Waals surface area contributed by atoms with Crippen molar-refractivity contribution in [1.29, 1.82) is 5.26 Å². The molecule has 0 amide bonds. The van der Waals surface area contributed by atoms with Gasteiger partial charge >= 0.3 is 0 Å². The van der Waals surface area contributed by atoms with Gasteiger partial charge in [0.2, 0.25) is 0 Å². The minimum Gasteiger partial charge on any atom is -0.506 e. The number of rotatable bonds is 2. The molecule has 80 valence electrons. The summed E-state index contributed by atoms with van der Waals surface area (Å²) in [5, 5.41) is 18.7. The summed E-state index contributed by atoms with van der Waals surface area (Å²) in [4.78, 5) is 7.01. The molecule has 0 aliphatic heterocycles. The van der Waals surface area contributed by atoms with Gasteiger partial charge in [-0.05, 0) is 6.07 Å². The lowest BCUT2D eigenvalue weighted by Gasteiger charge is -2.11. The average molecular weight is 213 g/mol. The highest BCUT2D eigenvalue weighted by molar-refractivity contribution is 5.50. The second-order valence-corrected chi connectivity index (χ2v) is 3.57. The highest BCUT2D eigenvalue weighted by Gasteiger charge is 2.16. The molecule has 4 nitrogen and oxygen atoms in total. The van der Waals surface area contributed by atoms with Gasteiger partial charge in [0.1, 0.15) is 11.8 Å². The number of nitrogens with zero attached hydrogens (tertiary/aromatic N) is 2. The van der Waals surface area contributed by atoms with Crippen molar-refractivity contribution in [2.45, 2.75) is 12.8 Å². The van der Waals surface area contributed by atoms with Gasteiger partial charge in [-0.15, -0.1) is 0 Å². The molecule has 1 atom stereocenters. The van der Waals surface area contributed by atoms with E-state index in [4.69, 9.17) is 5.26 Å². The van der Waals surface area contributed by atoms with Crippen LogP contribution in [0.15, 0.2) is 30.7 Å². The van der Waals surface area contributed by atoms with Crippen LogP contribution in [0.2, 0.25) is 0 Å². The van der Waals surface area contributed by atoms with Crippen LogP contribution in [0.25, 0.3) is 0 Å². The Bertz CT molecular complexity index is 526. The molecule has 0 bridgehead atoms. The van der Waals surface area contributed by atoms with E-state index in [2.05, 4.69) is 9.97 Å². The lowest BCUT2D eigenvalue weighted by atomic mass is 9.95. The molecule has 0 aliphatic carbocycles. The first-order chi connectivity index (χ1) is 7.74. The number of H-pyrrole nitrogens is 1.